The lowest BCUT2D eigenvalue weighted by Crippen LogP contribution is -2.13. The number of nitrogens with zero attached hydrogens (tertiary/aromatic N) is 1. The van der Waals surface area contributed by atoms with Crippen molar-refractivity contribution >= 4 is 0 Å². The zero-order valence-electron chi connectivity index (χ0n) is 11.9. The Labute approximate surface area is 120 Å². The Hall–Kier alpha value is -1.91. The third-order valence-corrected chi connectivity index (χ3v) is 3.15. The highest BCUT2D eigenvalue weighted by atomic mass is 19.4. The van der Waals surface area contributed by atoms with Crippen LogP contribution in [0.2, 0.25) is 0 Å². The molecule has 1 aromatic carbocycles. The molecular weight excluding hydrogens is 282 g/mol. The Morgan fingerprint density at radius 1 is 0.952 bits per heavy atom. The molecule has 0 saturated carbocycles. The topological polar surface area (TPSA) is 12.9 Å². The highest BCUT2D eigenvalue weighted by Crippen LogP contribution is 2.35. The maximum Gasteiger partial charge on any atom is 0.419 e. The number of aromatic nitrogens is 1. The van der Waals surface area contributed by atoms with E-state index >= 15 is 0 Å². The number of rotatable bonds is 1. The van der Waals surface area contributed by atoms with Gasteiger partial charge in [-0.1, -0.05) is 39.0 Å². The Morgan fingerprint density at radius 3 is 2.10 bits per heavy atom. The summed E-state index contributed by atoms with van der Waals surface area (Å²) < 4.78 is 52.2. The minimum Gasteiger partial charge on any atom is -0.260 e. The normalized spacial score (nSPS) is 12.5. The van der Waals surface area contributed by atoms with Crippen LogP contribution >= 0.6 is 0 Å². The molecule has 0 aliphatic carbocycles. The molecular formula is C16H15F4N. The maximum atomic E-state index is 14.0. The van der Waals surface area contributed by atoms with E-state index in [1.165, 1.54) is 18.3 Å². The standard InChI is InChI=1S/C16H15F4N/c1-15(2,3)13-8-7-10(9-21-13)11-5-4-6-12(14(11)17)16(18,19)20/h4-9H,1-3H3. The third-order valence-electron chi connectivity index (χ3n) is 3.15. The molecule has 21 heavy (non-hydrogen) atoms. The molecule has 0 aliphatic rings. The number of hydrogen-bond acceptors (Lipinski definition) is 1. The van der Waals surface area contributed by atoms with Crippen molar-refractivity contribution in [1.82, 2.24) is 4.98 Å². The first-order valence-electron chi connectivity index (χ1n) is 6.43. The van der Waals surface area contributed by atoms with Crippen LogP contribution in [0, 0.1) is 5.82 Å². The van der Waals surface area contributed by atoms with E-state index in [0.29, 0.717) is 5.56 Å². The van der Waals surface area contributed by atoms with Gasteiger partial charge in [0.2, 0.25) is 0 Å². The molecule has 1 aromatic heterocycles. The lowest BCUT2D eigenvalue weighted by atomic mass is 9.91. The van der Waals surface area contributed by atoms with E-state index in [9.17, 15) is 17.6 Å². The molecule has 0 bridgehead atoms. The first-order valence-corrected chi connectivity index (χ1v) is 6.43. The van der Waals surface area contributed by atoms with Gasteiger partial charge in [-0.25, -0.2) is 4.39 Å². The van der Waals surface area contributed by atoms with E-state index < -0.39 is 17.6 Å². The van der Waals surface area contributed by atoms with Gasteiger partial charge in [-0.05, 0) is 12.1 Å². The molecule has 5 heteroatoms. The van der Waals surface area contributed by atoms with E-state index in [-0.39, 0.29) is 11.0 Å². The van der Waals surface area contributed by atoms with Gasteiger partial charge in [-0.3, -0.25) is 4.98 Å². The van der Waals surface area contributed by atoms with Gasteiger partial charge >= 0.3 is 6.18 Å². The molecule has 1 nitrogen and oxygen atoms in total. The third kappa shape index (κ3) is 3.23. The smallest absolute Gasteiger partial charge is 0.260 e. The van der Waals surface area contributed by atoms with Gasteiger partial charge in [-0.15, -0.1) is 0 Å². The summed E-state index contributed by atoms with van der Waals surface area (Å²) in [7, 11) is 0. The first kappa shape index (κ1) is 15.5. The minimum atomic E-state index is -4.71. The Bertz CT molecular complexity index is 637. The first-order chi connectivity index (χ1) is 9.60. The van der Waals surface area contributed by atoms with Crippen LogP contribution in [-0.4, -0.2) is 4.98 Å². The van der Waals surface area contributed by atoms with E-state index in [1.807, 2.05) is 20.8 Å². The molecule has 112 valence electrons. The van der Waals surface area contributed by atoms with Crippen molar-refractivity contribution < 1.29 is 17.6 Å². The van der Waals surface area contributed by atoms with Gasteiger partial charge in [-0.2, -0.15) is 13.2 Å². The quantitative estimate of drug-likeness (QED) is 0.659. The minimum absolute atomic E-state index is 0.0993. The fourth-order valence-electron chi connectivity index (χ4n) is 1.97. The lowest BCUT2D eigenvalue weighted by molar-refractivity contribution is -0.139. The molecule has 1 heterocycles. The monoisotopic (exact) mass is 297 g/mol. The van der Waals surface area contributed by atoms with Gasteiger partial charge < -0.3 is 0 Å². The number of hydrogen-bond donors (Lipinski definition) is 0. The predicted octanol–water partition coefficient (Wildman–Crippen LogP) is 5.20. The average molecular weight is 297 g/mol. The summed E-state index contributed by atoms with van der Waals surface area (Å²) in [5, 5.41) is 0. The number of alkyl halides is 3. The second kappa shape index (κ2) is 5.13. The summed E-state index contributed by atoms with van der Waals surface area (Å²) in [5.41, 5.74) is -0.423. The summed E-state index contributed by atoms with van der Waals surface area (Å²) in [6.45, 7) is 5.92. The molecule has 2 aromatic rings. The van der Waals surface area contributed by atoms with E-state index in [4.69, 9.17) is 0 Å². The van der Waals surface area contributed by atoms with Gasteiger partial charge in [0.1, 0.15) is 5.82 Å². The van der Waals surface area contributed by atoms with Crippen molar-refractivity contribution in [3.8, 4) is 11.1 Å². The van der Waals surface area contributed by atoms with Crippen molar-refractivity contribution in [3.63, 3.8) is 0 Å². The molecule has 0 amide bonds. The Balaban J connectivity index is 2.48. The van der Waals surface area contributed by atoms with Crippen LogP contribution in [0.5, 0.6) is 0 Å². The van der Waals surface area contributed by atoms with Crippen molar-refractivity contribution in [2.24, 2.45) is 0 Å². The summed E-state index contributed by atoms with van der Waals surface area (Å²) in [6.07, 6.45) is -3.31. The average Bonchev–Trinajstić information content (AvgIpc) is 2.37. The predicted molar refractivity (Wildman–Crippen MR) is 73.3 cm³/mol. The summed E-state index contributed by atoms with van der Waals surface area (Å²) >= 11 is 0. The molecule has 0 atom stereocenters. The van der Waals surface area contributed by atoms with Crippen LogP contribution in [0.15, 0.2) is 36.5 Å². The van der Waals surface area contributed by atoms with Crippen LogP contribution in [-0.2, 0) is 11.6 Å². The SMILES string of the molecule is CC(C)(C)c1ccc(-c2cccc(C(F)(F)F)c2F)cn1. The van der Waals surface area contributed by atoms with Crippen molar-refractivity contribution in [3.05, 3.63) is 53.6 Å². The Kier molecular flexibility index (Phi) is 3.78. The zero-order chi connectivity index (χ0) is 15.8. The summed E-state index contributed by atoms with van der Waals surface area (Å²) in [5.74, 6) is -1.27. The number of pyridine rings is 1. The second-order valence-electron chi connectivity index (χ2n) is 5.85. The second-order valence-corrected chi connectivity index (χ2v) is 5.85. The lowest BCUT2D eigenvalue weighted by Gasteiger charge is -2.18. The molecule has 0 aliphatic heterocycles. The molecule has 0 spiro atoms. The zero-order valence-corrected chi connectivity index (χ0v) is 11.9. The van der Waals surface area contributed by atoms with E-state index in [1.54, 1.807) is 12.1 Å². The van der Waals surface area contributed by atoms with Crippen LogP contribution in [0.3, 0.4) is 0 Å². The van der Waals surface area contributed by atoms with Gasteiger partial charge in [0.25, 0.3) is 0 Å². The van der Waals surface area contributed by atoms with E-state index in [2.05, 4.69) is 4.98 Å². The van der Waals surface area contributed by atoms with Crippen molar-refractivity contribution in [1.29, 1.82) is 0 Å². The van der Waals surface area contributed by atoms with Gasteiger partial charge in [0.05, 0.1) is 5.56 Å². The van der Waals surface area contributed by atoms with Gasteiger partial charge in [0, 0.05) is 28.4 Å². The molecule has 0 N–H and O–H groups in total. The number of halogens is 4. The van der Waals surface area contributed by atoms with Gasteiger partial charge in [0.15, 0.2) is 0 Å². The summed E-state index contributed by atoms with van der Waals surface area (Å²) in [4.78, 5) is 4.21. The summed E-state index contributed by atoms with van der Waals surface area (Å²) in [6, 6.07) is 6.54. The van der Waals surface area contributed by atoms with Crippen LogP contribution in [0.25, 0.3) is 11.1 Å². The number of benzene rings is 1. The fraction of sp³-hybridized carbons (Fsp3) is 0.312. The molecule has 2 rings (SSSR count). The molecule has 0 unspecified atom stereocenters. The highest BCUT2D eigenvalue weighted by molar-refractivity contribution is 5.64. The Morgan fingerprint density at radius 2 is 1.62 bits per heavy atom. The molecule has 0 radical (unpaired) electrons. The molecule has 0 saturated heterocycles. The van der Waals surface area contributed by atoms with Crippen molar-refractivity contribution in [2.75, 3.05) is 0 Å². The van der Waals surface area contributed by atoms with E-state index in [0.717, 1.165) is 11.8 Å². The fourth-order valence-corrected chi connectivity index (χ4v) is 1.97. The highest BCUT2D eigenvalue weighted by Gasteiger charge is 2.35. The van der Waals surface area contributed by atoms with Crippen LogP contribution in [0.4, 0.5) is 17.6 Å². The maximum absolute atomic E-state index is 14.0. The molecule has 0 fully saturated rings. The largest absolute Gasteiger partial charge is 0.419 e. The van der Waals surface area contributed by atoms with Crippen molar-refractivity contribution in [2.45, 2.75) is 32.4 Å². The van der Waals surface area contributed by atoms with Crippen LogP contribution in [0.1, 0.15) is 32.0 Å². The van der Waals surface area contributed by atoms with Crippen LogP contribution < -0.4 is 0 Å².